The van der Waals surface area contributed by atoms with Gasteiger partial charge in [-0.25, -0.2) is 18.7 Å². The molecule has 0 fully saturated rings. The number of alkyl halides is 3. The van der Waals surface area contributed by atoms with Crippen LogP contribution >= 0.6 is 0 Å². The monoisotopic (exact) mass is 513 g/mol. The van der Waals surface area contributed by atoms with Gasteiger partial charge in [-0.2, -0.15) is 18.3 Å². The highest BCUT2D eigenvalue weighted by atomic mass is 19.4. The normalized spacial score (nSPS) is 11.7. The topological polar surface area (TPSA) is 85.7 Å². The number of aromatic nitrogens is 5. The molecule has 3 heterocycles. The smallest absolute Gasteiger partial charge is 0.417 e. The number of rotatable bonds is 5. The van der Waals surface area contributed by atoms with E-state index in [1.54, 1.807) is 0 Å². The largest absolute Gasteiger partial charge is 0.497 e. The van der Waals surface area contributed by atoms with E-state index in [1.165, 1.54) is 60.6 Å². The van der Waals surface area contributed by atoms with Gasteiger partial charge in [0.05, 0.1) is 37.2 Å². The van der Waals surface area contributed by atoms with Crippen LogP contribution in [0.1, 0.15) is 11.3 Å². The van der Waals surface area contributed by atoms with Crippen LogP contribution in [0.2, 0.25) is 0 Å². The number of halogens is 5. The molecule has 2 aliphatic rings. The number of fused-ring (bicyclic) bond motifs is 1. The molecule has 0 amide bonds. The minimum atomic E-state index is -4.70. The van der Waals surface area contributed by atoms with Crippen molar-refractivity contribution in [3.63, 3.8) is 0 Å². The summed E-state index contributed by atoms with van der Waals surface area (Å²) >= 11 is 0. The highest BCUT2D eigenvalue weighted by Crippen LogP contribution is 2.38. The molecular formula is C25H16F5N5O2. The predicted octanol–water partition coefficient (Wildman–Crippen LogP) is 5.15. The second kappa shape index (κ2) is 9.12. The number of methoxy groups -OCH3 is 1. The van der Waals surface area contributed by atoms with Crippen LogP contribution in [0.15, 0.2) is 65.7 Å². The molecule has 12 heteroatoms. The average molecular weight is 513 g/mol. The van der Waals surface area contributed by atoms with Crippen molar-refractivity contribution in [2.24, 2.45) is 0 Å². The first-order valence-corrected chi connectivity index (χ1v) is 10.8. The summed E-state index contributed by atoms with van der Waals surface area (Å²) in [6, 6.07) is 9.83. The molecule has 3 aromatic rings. The number of H-pyrrole nitrogens is 1. The lowest BCUT2D eigenvalue weighted by Crippen LogP contribution is -2.16. The number of ether oxygens (including phenoxy) is 1. The lowest BCUT2D eigenvalue weighted by molar-refractivity contribution is -0.137. The van der Waals surface area contributed by atoms with E-state index in [2.05, 4.69) is 20.1 Å². The maximum absolute atomic E-state index is 14.1. The van der Waals surface area contributed by atoms with Crippen LogP contribution in [0.4, 0.5) is 22.0 Å². The molecular weight excluding hydrogens is 497 g/mol. The fourth-order valence-corrected chi connectivity index (χ4v) is 3.86. The summed E-state index contributed by atoms with van der Waals surface area (Å²) in [5.41, 5.74) is -1.19. The summed E-state index contributed by atoms with van der Waals surface area (Å²) < 4.78 is 74.8. The molecule has 0 unspecified atom stereocenters. The van der Waals surface area contributed by atoms with E-state index < -0.39 is 28.9 Å². The molecule has 0 bridgehead atoms. The van der Waals surface area contributed by atoms with Crippen LogP contribution < -0.4 is 10.3 Å². The Kier molecular flexibility index (Phi) is 5.94. The van der Waals surface area contributed by atoms with Crippen molar-refractivity contribution in [2.75, 3.05) is 7.11 Å². The Morgan fingerprint density at radius 3 is 2.46 bits per heavy atom. The molecule has 37 heavy (non-hydrogen) atoms. The van der Waals surface area contributed by atoms with Crippen molar-refractivity contribution in [3.05, 3.63) is 94.2 Å². The van der Waals surface area contributed by atoms with Crippen LogP contribution in [-0.4, -0.2) is 31.8 Å². The number of hydrogen-bond acceptors (Lipinski definition) is 5. The first-order chi connectivity index (χ1) is 17.6. The lowest BCUT2D eigenvalue weighted by Gasteiger charge is -2.14. The number of imidazole rings is 1. The van der Waals surface area contributed by atoms with E-state index in [4.69, 9.17) is 4.74 Å². The summed E-state index contributed by atoms with van der Waals surface area (Å²) in [7, 11) is 1.25. The highest BCUT2D eigenvalue weighted by Gasteiger charge is 2.34. The van der Waals surface area contributed by atoms with E-state index in [-0.39, 0.29) is 34.8 Å². The SMILES string of the molecule is COc1ccc(-c2ccc(Cn3cc4nc(-c5cccc(F)c5F)nc-4cn3)[nH]c2=O)c(C(F)(F)F)c1. The third kappa shape index (κ3) is 4.65. The van der Waals surface area contributed by atoms with E-state index in [9.17, 15) is 26.7 Å². The van der Waals surface area contributed by atoms with Crippen molar-refractivity contribution in [3.8, 4) is 39.7 Å². The second-order valence-corrected chi connectivity index (χ2v) is 8.03. The zero-order valence-corrected chi connectivity index (χ0v) is 19.0. The van der Waals surface area contributed by atoms with Crippen LogP contribution in [0.5, 0.6) is 5.75 Å². The first kappa shape index (κ1) is 24.1. The van der Waals surface area contributed by atoms with Crippen molar-refractivity contribution in [2.45, 2.75) is 12.7 Å². The molecule has 2 aromatic carbocycles. The van der Waals surface area contributed by atoms with E-state index in [1.807, 2.05) is 0 Å². The fraction of sp³-hybridized carbons (Fsp3) is 0.120. The molecule has 0 atom stereocenters. The first-order valence-electron chi connectivity index (χ1n) is 10.8. The molecule has 0 saturated carbocycles. The zero-order chi connectivity index (χ0) is 26.3. The van der Waals surface area contributed by atoms with Gasteiger partial charge in [0, 0.05) is 11.3 Å². The molecule has 7 nitrogen and oxygen atoms in total. The molecule has 1 aromatic heterocycles. The van der Waals surface area contributed by atoms with Crippen molar-refractivity contribution < 1.29 is 26.7 Å². The Balaban J connectivity index is 1.45. The number of nitrogens with zero attached hydrogens (tertiary/aromatic N) is 4. The molecule has 0 spiro atoms. The van der Waals surface area contributed by atoms with Gasteiger partial charge >= 0.3 is 6.18 Å². The summed E-state index contributed by atoms with van der Waals surface area (Å²) in [5.74, 6) is -2.09. The fourth-order valence-electron chi connectivity index (χ4n) is 3.86. The zero-order valence-electron chi connectivity index (χ0n) is 19.0. The maximum Gasteiger partial charge on any atom is 0.417 e. The van der Waals surface area contributed by atoms with E-state index in [0.29, 0.717) is 17.1 Å². The molecule has 188 valence electrons. The summed E-state index contributed by atoms with van der Waals surface area (Å²) in [6.07, 6.45) is -1.82. The number of nitrogens with one attached hydrogen (secondary N) is 1. The van der Waals surface area contributed by atoms with Gasteiger partial charge in [0.1, 0.15) is 17.1 Å². The van der Waals surface area contributed by atoms with Crippen molar-refractivity contribution in [1.82, 2.24) is 24.7 Å². The molecule has 0 saturated heterocycles. The molecule has 1 N–H and O–H groups in total. The third-order valence-corrected chi connectivity index (χ3v) is 5.63. The summed E-state index contributed by atoms with van der Waals surface area (Å²) in [5, 5.41) is 4.19. The minimum absolute atomic E-state index is 0.00993. The maximum atomic E-state index is 14.1. The summed E-state index contributed by atoms with van der Waals surface area (Å²) in [4.78, 5) is 23.7. The van der Waals surface area contributed by atoms with Crippen molar-refractivity contribution >= 4 is 0 Å². The molecule has 0 radical (unpaired) electrons. The minimum Gasteiger partial charge on any atom is -0.497 e. The number of hydrogen-bond donors (Lipinski definition) is 1. The van der Waals surface area contributed by atoms with Crippen LogP contribution in [0.3, 0.4) is 0 Å². The van der Waals surface area contributed by atoms with Crippen LogP contribution in [0, 0.1) is 11.6 Å². The Morgan fingerprint density at radius 1 is 0.973 bits per heavy atom. The van der Waals surface area contributed by atoms with Gasteiger partial charge in [-0.1, -0.05) is 6.07 Å². The van der Waals surface area contributed by atoms with Gasteiger partial charge in [-0.3, -0.25) is 9.48 Å². The van der Waals surface area contributed by atoms with Gasteiger partial charge in [-0.05, 0) is 48.0 Å². The van der Waals surface area contributed by atoms with Crippen molar-refractivity contribution in [1.29, 1.82) is 0 Å². The molecule has 5 rings (SSSR count). The Hall–Kier alpha value is -4.61. The highest BCUT2D eigenvalue weighted by molar-refractivity contribution is 5.69. The van der Waals surface area contributed by atoms with Gasteiger partial charge in [0.2, 0.25) is 0 Å². The number of benzene rings is 2. The van der Waals surface area contributed by atoms with E-state index in [0.717, 1.165) is 12.1 Å². The summed E-state index contributed by atoms with van der Waals surface area (Å²) in [6.45, 7) is 0.0523. The number of pyridine rings is 1. The van der Waals surface area contributed by atoms with Gasteiger partial charge in [-0.15, -0.1) is 0 Å². The number of aromatic amines is 1. The Bertz CT molecular complexity index is 1640. The van der Waals surface area contributed by atoms with Crippen LogP contribution in [0.25, 0.3) is 33.9 Å². The molecule has 0 aliphatic carbocycles. The van der Waals surface area contributed by atoms with E-state index >= 15 is 0 Å². The Labute approximate surface area is 205 Å². The van der Waals surface area contributed by atoms with Gasteiger partial charge < -0.3 is 9.72 Å². The average Bonchev–Trinajstić information content (AvgIpc) is 3.28. The predicted molar refractivity (Wildman–Crippen MR) is 123 cm³/mol. The quantitative estimate of drug-likeness (QED) is 0.329. The van der Waals surface area contributed by atoms with Gasteiger partial charge in [0.25, 0.3) is 5.56 Å². The van der Waals surface area contributed by atoms with Gasteiger partial charge in [0.15, 0.2) is 17.5 Å². The lowest BCUT2D eigenvalue weighted by atomic mass is 10.00. The third-order valence-electron chi connectivity index (χ3n) is 5.63. The van der Waals surface area contributed by atoms with Crippen LogP contribution in [-0.2, 0) is 12.7 Å². The standard InChI is InChI=1S/C25H16F5N5O2/c1-37-14-6-8-15(18(9-14)25(28,29)30)16-7-5-13(32-24(16)36)11-35-12-21-20(10-31-35)33-23(34-21)17-3-2-4-19(26)22(17)27/h2-10,12H,11H2,1H3,(H,32,36). The molecule has 2 aliphatic heterocycles. The second-order valence-electron chi connectivity index (χ2n) is 8.03. The Morgan fingerprint density at radius 2 is 1.73 bits per heavy atom.